The maximum Gasteiger partial charge on any atom is 0.266 e. The highest BCUT2D eigenvalue weighted by Gasteiger charge is 2.16. The van der Waals surface area contributed by atoms with Gasteiger partial charge in [-0.25, -0.2) is 0 Å². The fraction of sp³-hybridized carbons (Fsp3) is 0.800. The predicted molar refractivity (Wildman–Crippen MR) is 57.3 cm³/mol. The lowest BCUT2D eigenvalue weighted by atomic mass is 10.2. The zero-order valence-corrected chi connectivity index (χ0v) is 9.43. The van der Waals surface area contributed by atoms with Crippen LogP contribution in [0.2, 0.25) is 0 Å². The van der Waals surface area contributed by atoms with E-state index in [1.165, 1.54) is 0 Å². The molecule has 0 spiro atoms. The zero-order valence-electron chi connectivity index (χ0n) is 9.43. The summed E-state index contributed by atoms with van der Waals surface area (Å²) in [5.41, 5.74) is 0. The Kier molecular flexibility index (Phi) is 3.74. The summed E-state index contributed by atoms with van der Waals surface area (Å²) in [5, 5.41) is 13.1. The molecule has 1 aromatic heterocycles. The second kappa shape index (κ2) is 5.27. The summed E-state index contributed by atoms with van der Waals surface area (Å²) in [4.78, 5) is 6.33. The lowest BCUT2D eigenvalue weighted by molar-refractivity contribution is 0.121. The minimum absolute atomic E-state index is 0.335. The van der Waals surface area contributed by atoms with E-state index < -0.39 is 0 Å². The minimum Gasteiger partial charge on any atom is -0.393 e. The topological polar surface area (TPSA) is 71.6 Å². The lowest BCUT2D eigenvalue weighted by Crippen LogP contribution is -2.36. The Morgan fingerprint density at radius 1 is 1.44 bits per heavy atom. The molecular weight excluding hydrogens is 210 g/mol. The standard InChI is InChI=1S/C10H17N3O3/c1-8(14)2-3-9-11-10(12-16-9)13-4-6-15-7-5-13/h8,14H,2-7H2,1H3. The van der Waals surface area contributed by atoms with Crippen LogP contribution in [0.15, 0.2) is 4.52 Å². The number of aromatic nitrogens is 2. The first-order chi connectivity index (χ1) is 7.75. The quantitative estimate of drug-likeness (QED) is 0.793. The molecule has 1 N–H and O–H groups in total. The van der Waals surface area contributed by atoms with Crippen molar-refractivity contribution in [1.29, 1.82) is 0 Å². The van der Waals surface area contributed by atoms with E-state index in [-0.39, 0.29) is 6.10 Å². The Balaban J connectivity index is 1.90. The molecule has 0 amide bonds. The van der Waals surface area contributed by atoms with Gasteiger partial charge in [0.25, 0.3) is 5.95 Å². The Morgan fingerprint density at radius 3 is 2.88 bits per heavy atom. The number of anilines is 1. The molecule has 1 aliphatic heterocycles. The monoisotopic (exact) mass is 227 g/mol. The van der Waals surface area contributed by atoms with Gasteiger partial charge in [-0.05, 0) is 18.5 Å². The Morgan fingerprint density at radius 2 is 2.19 bits per heavy atom. The minimum atomic E-state index is -0.335. The normalized spacial score (nSPS) is 18.8. The molecule has 0 aliphatic carbocycles. The van der Waals surface area contributed by atoms with Gasteiger partial charge >= 0.3 is 0 Å². The molecule has 6 nitrogen and oxygen atoms in total. The molecular formula is C10H17N3O3. The summed E-state index contributed by atoms with van der Waals surface area (Å²) in [6.07, 6.45) is 0.929. The summed E-state index contributed by atoms with van der Waals surface area (Å²) >= 11 is 0. The van der Waals surface area contributed by atoms with Crippen LogP contribution in [0, 0.1) is 0 Å². The third-order valence-electron chi connectivity index (χ3n) is 2.53. The predicted octanol–water partition coefficient (Wildman–Crippen LogP) is 0.220. The van der Waals surface area contributed by atoms with Crippen molar-refractivity contribution in [3.63, 3.8) is 0 Å². The van der Waals surface area contributed by atoms with Crippen LogP contribution < -0.4 is 4.90 Å². The van der Waals surface area contributed by atoms with Gasteiger partial charge in [-0.3, -0.25) is 0 Å². The first-order valence-corrected chi connectivity index (χ1v) is 5.59. The van der Waals surface area contributed by atoms with Crippen LogP contribution in [-0.2, 0) is 11.2 Å². The van der Waals surface area contributed by atoms with Crippen LogP contribution in [0.3, 0.4) is 0 Å². The number of aryl methyl sites for hydroxylation is 1. The SMILES string of the molecule is CC(O)CCc1nc(N2CCOCC2)no1. The van der Waals surface area contributed by atoms with Gasteiger partial charge in [0, 0.05) is 19.5 Å². The number of hydrogen-bond acceptors (Lipinski definition) is 6. The maximum absolute atomic E-state index is 9.15. The number of aliphatic hydroxyl groups excluding tert-OH is 1. The first-order valence-electron chi connectivity index (χ1n) is 5.59. The van der Waals surface area contributed by atoms with Crippen molar-refractivity contribution < 1.29 is 14.4 Å². The molecule has 6 heteroatoms. The van der Waals surface area contributed by atoms with Gasteiger partial charge in [0.05, 0.1) is 19.3 Å². The van der Waals surface area contributed by atoms with E-state index in [9.17, 15) is 0 Å². The highest BCUT2D eigenvalue weighted by atomic mass is 16.5. The molecule has 1 saturated heterocycles. The fourth-order valence-corrected chi connectivity index (χ4v) is 1.57. The Hall–Kier alpha value is -1.14. The highest BCUT2D eigenvalue weighted by molar-refractivity contribution is 5.27. The third-order valence-corrected chi connectivity index (χ3v) is 2.53. The van der Waals surface area contributed by atoms with E-state index in [4.69, 9.17) is 14.4 Å². The molecule has 1 atom stereocenters. The van der Waals surface area contributed by atoms with Gasteiger partial charge in [0.1, 0.15) is 0 Å². The number of nitrogens with zero attached hydrogens (tertiary/aromatic N) is 3. The molecule has 0 saturated carbocycles. The fourth-order valence-electron chi connectivity index (χ4n) is 1.57. The van der Waals surface area contributed by atoms with Crippen molar-refractivity contribution in [2.24, 2.45) is 0 Å². The molecule has 16 heavy (non-hydrogen) atoms. The molecule has 0 bridgehead atoms. The van der Waals surface area contributed by atoms with Crippen LogP contribution in [0.25, 0.3) is 0 Å². The van der Waals surface area contributed by atoms with E-state index in [1.54, 1.807) is 6.92 Å². The average molecular weight is 227 g/mol. The summed E-state index contributed by atoms with van der Waals surface area (Å²) in [5.74, 6) is 1.21. The molecule has 0 aromatic carbocycles. The largest absolute Gasteiger partial charge is 0.393 e. The van der Waals surface area contributed by atoms with Gasteiger partial charge < -0.3 is 19.3 Å². The van der Waals surface area contributed by atoms with Gasteiger partial charge in [-0.15, -0.1) is 0 Å². The Labute approximate surface area is 94.2 Å². The van der Waals surface area contributed by atoms with Crippen LogP contribution in [-0.4, -0.2) is 47.7 Å². The smallest absolute Gasteiger partial charge is 0.266 e. The molecule has 1 unspecified atom stereocenters. The number of rotatable bonds is 4. The molecule has 2 rings (SSSR count). The van der Waals surface area contributed by atoms with Crippen molar-refractivity contribution in [1.82, 2.24) is 10.1 Å². The van der Waals surface area contributed by atoms with Crippen molar-refractivity contribution in [3.8, 4) is 0 Å². The van der Waals surface area contributed by atoms with Crippen molar-refractivity contribution >= 4 is 5.95 Å². The van der Waals surface area contributed by atoms with E-state index in [2.05, 4.69) is 10.1 Å². The van der Waals surface area contributed by atoms with Gasteiger partial charge in [-0.2, -0.15) is 4.98 Å². The van der Waals surface area contributed by atoms with Crippen molar-refractivity contribution in [2.75, 3.05) is 31.2 Å². The summed E-state index contributed by atoms with van der Waals surface area (Å²) < 4.78 is 10.4. The number of aliphatic hydroxyl groups is 1. The second-order valence-corrected chi connectivity index (χ2v) is 3.98. The molecule has 1 aliphatic rings. The van der Waals surface area contributed by atoms with Crippen molar-refractivity contribution in [3.05, 3.63) is 5.89 Å². The van der Waals surface area contributed by atoms with E-state index in [1.807, 2.05) is 4.90 Å². The zero-order chi connectivity index (χ0) is 11.4. The van der Waals surface area contributed by atoms with Crippen LogP contribution in [0.1, 0.15) is 19.2 Å². The van der Waals surface area contributed by atoms with Crippen LogP contribution >= 0.6 is 0 Å². The molecule has 1 aromatic rings. The number of hydrogen-bond donors (Lipinski definition) is 1. The van der Waals surface area contributed by atoms with Gasteiger partial charge in [0.2, 0.25) is 5.89 Å². The second-order valence-electron chi connectivity index (χ2n) is 3.98. The maximum atomic E-state index is 9.15. The molecule has 2 heterocycles. The van der Waals surface area contributed by atoms with Crippen molar-refractivity contribution in [2.45, 2.75) is 25.9 Å². The molecule has 1 fully saturated rings. The third kappa shape index (κ3) is 2.93. The summed E-state index contributed by atoms with van der Waals surface area (Å²) in [6.45, 7) is 4.76. The summed E-state index contributed by atoms with van der Waals surface area (Å²) in [6, 6.07) is 0. The number of morpholine rings is 1. The Bertz CT molecular complexity index is 321. The molecule has 90 valence electrons. The van der Waals surface area contributed by atoms with Crippen LogP contribution in [0.5, 0.6) is 0 Å². The van der Waals surface area contributed by atoms with E-state index in [0.717, 1.165) is 13.1 Å². The average Bonchev–Trinajstić information content (AvgIpc) is 2.76. The molecule has 0 radical (unpaired) electrons. The van der Waals surface area contributed by atoms with Gasteiger partial charge in [0.15, 0.2) is 0 Å². The van der Waals surface area contributed by atoms with E-state index >= 15 is 0 Å². The summed E-state index contributed by atoms with van der Waals surface area (Å²) in [7, 11) is 0. The first kappa shape index (κ1) is 11.3. The van der Waals surface area contributed by atoms with Gasteiger partial charge in [-0.1, -0.05) is 0 Å². The van der Waals surface area contributed by atoms with E-state index in [0.29, 0.717) is 37.9 Å². The lowest BCUT2D eigenvalue weighted by Gasteiger charge is -2.24. The number of ether oxygens (including phenoxy) is 1. The van der Waals surface area contributed by atoms with Crippen LogP contribution in [0.4, 0.5) is 5.95 Å². The highest BCUT2D eigenvalue weighted by Crippen LogP contribution is 2.12.